The van der Waals surface area contributed by atoms with Crippen LogP contribution >= 0.6 is 0 Å². The maximum absolute atomic E-state index is 12.3. The fraction of sp³-hybridized carbons (Fsp3) is 0.417. The fourth-order valence-electron chi connectivity index (χ4n) is 1.68. The van der Waals surface area contributed by atoms with Crippen molar-refractivity contribution >= 4 is 17.3 Å². The zero-order chi connectivity index (χ0) is 14.6. The summed E-state index contributed by atoms with van der Waals surface area (Å²) >= 11 is 0. The smallest absolute Gasteiger partial charge is 0.254 e. The van der Waals surface area contributed by atoms with Gasteiger partial charge in [-0.15, -0.1) is 0 Å². The molecule has 0 fully saturated rings. The highest BCUT2D eigenvalue weighted by atomic mass is 16.3. The van der Waals surface area contributed by atoms with Crippen LogP contribution in [0.3, 0.4) is 0 Å². The van der Waals surface area contributed by atoms with Crippen molar-refractivity contribution in [1.82, 2.24) is 4.90 Å². The number of aliphatic hydroxyl groups is 3. The molecule has 1 rings (SSSR count). The van der Waals surface area contributed by atoms with E-state index in [2.05, 4.69) is 0 Å². The Morgan fingerprint density at radius 1 is 1.11 bits per heavy atom. The molecule has 0 heterocycles. The molecule has 0 bridgehead atoms. The molecule has 0 aliphatic heterocycles. The number of hydrogen-bond acceptors (Lipinski definition) is 6. The van der Waals surface area contributed by atoms with Gasteiger partial charge in [-0.3, -0.25) is 4.79 Å². The van der Waals surface area contributed by atoms with Crippen LogP contribution in [0.4, 0.5) is 11.4 Å². The molecule has 0 radical (unpaired) electrons. The van der Waals surface area contributed by atoms with Crippen LogP contribution in [0.2, 0.25) is 0 Å². The number of nitrogens with zero attached hydrogens (tertiary/aromatic N) is 1. The third kappa shape index (κ3) is 2.95. The van der Waals surface area contributed by atoms with Crippen LogP contribution in [0, 0.1) is 0 Å². The van der Waals surface area contributed by atoms with Crippen molar-refractivity contribution in [2.24, 2.45) is 0 Å². The SMILES string of the molecule is CN(C(=O)c1cc(N)cc(N)c1)C(CO)(CO)CO. The molecule has 1 aromatic rings. The second kappa shape index (κ2) is 5.87. The maximum Gasteiger partial charge on any atom is 0.254 e. The van der Waals surface area contributed by atoms with Crippen molar-refractivity contribution in [3.63, 3.8) is 0 Å². The summed E-state index contributed by atoms with van der Waals surface area (Å²) in [5.74, 6) is -0.504. The van der Waals surface area contributed by atoms with E-state index in [1.165, 1.54) is 25.2 Å². The third-order valence-corrected chi connectivity index (χ3v) is 3.12. The van der Waals surface area contributed by atoms with Gasteiger partial charge in [0.25, 0.3) is 5.91 Å². The molecule has 0 unspecified atom stereocenters. The highest BCUT2D eigenvalue weighted by molar-refractivity contribution is 5.96. The van der Waals surface area contributed by atoms with E-state index in [-0.39, 0.29) is 5.56 Å². The largest absolute Gasteiger partial charge is 0.399 e. The molecule has 1 amide bonds. The van der Waals surface area contributed by atoms with Gasteiger partial charge < -0.3 is 31.7 Å². The number of benzene rings is 1. The quantitative estimate of drug-likeness (QED) is 0.419. The lowest BCUT2D eigenvalue weighted by Gasteiger charge is -2.37. The summed E-state index contributed by atoms with van der Waals surface area (Å²) in [5.41, 5.74) is 10.7. The molecule has 106 valence electrons. The number of amides is 1. The van der Waals surface area contributed by atoms with E-state index in [1.807, 2.05) is 0 Å². The highest BCUT2D eigenvalue weighted by Gasteiger charge is 2.36. The molecule has 0 saturated carbocycles. The van der Waals surface area contributed by atoms with Crippen LogP contribution in [0.5, 0.6) is 0 Å². The van der Waals surface area contributed by atoms with E-state index in [4.69, 9.17) is 11.5 Å². The Morgan fingerprint density at radius 2 is 1.53 bits per heavy atom. The average Bonchev–Trinajstić information content (AvgIpc) is 2.39. The minimum atomic E-state index is -1.43. The third-order valence-electron chi connectivity index (χ3n) is 3.12. The molecular formula is C12H19N3O4. The Balaban J connectivity index is 3.11. The summed E-state index contributed by atoms with van der Waals surface area (Å²) < 4.78 is 0. The Kier molecular flexibility index (Phi) is 4.71. The van der Waals surface area contributed by atoms with Crippen LogP contribution in [0.1, 0.15) is 10.4 Å². The molecule has 0 aliphatic carbocycles. The van der Waals surface area contributed by atoms with E-state index >= 15 is 0 Å². The predicted molar refractivity (Wildman–Crippen MR) is 71.3 cm³/mol. The lowest BCUT2D eigenvalue weighted by atomic mass is 9.99. The van der Waals surface area contributed by atoms with Gasteiger partial charge in [-0.05, 0) is 18.2 Å². The van der Waals surface area contributed by atoms with Gasteiger partial charge in [0.2, 0.25) is 0 Å². The number of likely N-dealkylation sites (N-methyl/N-ethyl adjacent to an activating group) is 1. The summed E-state index contributed by atoms with van der Waals surface area (Å²) in [6.45, 7) is -1.71. The molecule has 7 N–H and O–H groups in total. The first-order valence-corrected chi connectivity index (χ1v) is 5.67. The van der Waals surface area contributed by atoms with E-state index in [0.717, 1.165) is 4.90 Å². The first-order chi connectivity index (χ1) is 8.90. The van der Waals surface area contributed by atoms with Gasteiger partial charge in [-0.2, -0.15) is 0 Å². The number of aliphatic hydroxyl groups excluding tert-OH is 3. The van der Waals surface area contributed by atoms with Gasteiger partial charge in [0.1, 0.15) is 5.54 Å². The Labute approximate surface area is 111 Å². The molecule has 0 spiro atoms. The van der Waals surface area contributed by atoms with Crippen molar-refractivity contribution in [3.05, 3.63) is 23.8 Å². The van der Waals surface area contributed by atoms with Gasteiger partial charge in [0.05, 0.1) is 19.8 Å². The zero-order valence-corrected chi connectivity index (χ0v) is 10.7. The molecule has 7 nitrogen and oxygen atoms in total. The molecule has 0 saturated heterocycles. The van der Waals surface area contributed by atoms with Crippen molar-refractivity contribution in [1.29, 1.82) is 0 Å². The normalized spacial score (nSPS) is 11.4. The minimum Gasteiger partial charge on any atom is -0.399 e. The number of carbonyl (C=O) groups is 1. The van der Waals surface area contributed by atoms with Crippen LogP contribution in [0.25, 0.3) is 0 Å². The summed E-state index contributed by atoms with van der Waals surface area (Å²) in [5, 5.41) is 27.9. The molecule has 19 heavy (non-hydrogen) atoms. The molecule has 1 aromatic carbocycles. The Morgan fingerprint density at radius 3 is 1.89 bits per heavy atom. The number of hydrogen-bond donors (Lipinski definition) is 5. The second-order valence-electron chi connectivity index (χ2n) is 4.45. The molecule has 0 aromatic heterocycles. The minimum absolute atomic E-state index is 0.222. The first kappa shape index (κ1) is 15.2. The summed E-state index contributed by atoms with van der Waals surface area (Å²) in [7, 11) is 1.38. The van der Waals surface area contributed by atoms with E-state index < -0.39 is 31.3 Å². The lowest BCUT2D eigenvalue weighted by Crippen LogP contribution is -2.57. The van der Waals surface area contributed by atoms with Gasteiger partial charge in [-0.1, -0.05) is 0 Å². The predicted octanol–water partition coefficient (Wildman–Crippen LogP) is -1.36. The van der Waals surface area contributed by atoms with Gasteiger partial charge in [0.15, 0.2) is 0 Å². The van der Waals surface area contributed by atoms with Crippen LogP contribution in [0.15, 0.2) is 18.2 Å². The van der Waals surface area contributed by atoms with Crippen molar-refractivity contribution in [3.8, 4) is 0 Å². The van der Waals surface area contributed by atoms with Crippen molar-refractivity contribution < 1.29 is 20.1 Å². The van der Waals surface area contributed by atoms with Crippen LogP contribution in [-0.4, -0.2) is 58.5 Å². The van der Waals surface area contributed by atoms with Gasteiger partial charge in [0, 0.05) is 24.0 Å². The van der Waals surface area contributed by atoms with Crippen LogP contribution < -0.4 is 11.5 Å². The highest BCUT2D eigenvalue weighted by Crippen LogP contribution is 2.19. The molecule has 0 aliphatic rings. The maximum atomic E-state index is 12.3. The molecule has 7 heteroatoms. The topological polar surface area (TPSA) is 133 Å². The number of anilines is 2. The summed E-state index contributed by atoms with van der Waals surface area (Å²) in [6, 6.07) is 4.38. The summed E-state index contributed by atoms with van der Waals surface area (Å²) in [6.07, 6.45) is 0. The first-order valence-electron chi connectivity index (χ1n) is 5.67. The van der Waals surface area contributed by atoms with Crippen molar-refractivity contribution in [2.45, 2.75) is 5.54 Å². The van der Waals surface area contributed by atoms with Gasteiger partial charge in [-0.25, -0.2) is 0 Å². The standard InChI is InChI=1S/C12H19N3O4/c1-15(12(5-16,6-17)7-18)11(19)8-2-9(13)4-10(14)3-8/h2-4,16-18H,5-7,13-14H2,1H3. The number of nitrogen functional groups attached to an aromatic ring is 2. The lowest BCUT2D eigenvalue weighted by molar-refractivity contribution is -0.0248. The van der Waals surface area contributed by atoms with E-state index in [9.17, 15) is 20.1 Å². The monoisotopic (exact) mass is 269 g/mol. The molecular weight excluding hydrogens is 250 g/mol. The van der Waals surface area contributed by atoms with Crippen LogP contribution in [-0.2, 0) is 0 Å². The number of nitrogens with two attached hydrogens (primary N) is 2. The van der Waals surface area contributed by atoms with Gasteiger partial charge >= 0.3 is 0 Å². The fourth-order valence-corrected chi connectivity index (χ4v) is 1.68. The van der Waals surface area contributed by atoms with E-state index in [0.29, 0.717) is 11.4 Å². The zero-order valence-electron chi connectivity index (χ0n) is 10.7. The molecule has 0 atom stereocenters. The average molecular weight is 269 g/mol. The van der Waals surface area contributed by atoms with Crippen molar-refractivity contribution in [2.75, 3.05) is 38.3 Å². The Hall–Kier alpha value is -1.83. The number of rotatable bonds is 5. The Bertz CT molecular complexity index is 432. The van der Waals surface area contributed by atoms with E-state index in [1.54, 1.807) is 0 Å². The number of carbonyl (C=O) groups excluding carboxylic acids is 1. The summed E-state index contributed by atoms with van der Waals surface area (Å²) in [4.78, 5) is 13.3. The second-order valence-corrected chi connectivity index (χ2v) is 4.45.